The molecule has 2 rings (SSSR count). The molecule has 1 nitrogen and oxygen atoms in total. The number of fused-ring (bicyclic) bond motifs is 1. The number of nitrogens with two attached hydrogens (primary N) is 1. The van der Waals surface area contributed by atoms with Crippen molar-refractivity contribution >= 4 is 11.3 Å². The minimum atomic E-state index is 0.799. The molecule has 0 atom stereocenters. The molecule has 1 aliphatic carbocycles. The van der Waals surface area contributed by atoms with E-state index in [2.05, 4.69) is 5.38 Å². The van der Waals surface area contributed by atoms with E-state index >= 15 is 0 Å². The zero-order valence-electron chi connectivity index (χ0n) is 7.31. The van der Waals surface area contributed by atoms with E-state index < -0.39 is 0 Å². The Bertz CT molecular complexity index is 265. The summed E-state index contributed by atoms with van der Waals surface area (Å²) in [6, 6.07) is 0. The van der Waals surface area contributed by atoms with Gasteiger partial charge in [-0.1, -0.05) is 0 Å². The molecule has 1 heterocycles. The molecule has 0 spiro atoms. The topological polar surface area (TPSA) is 26.0 Å². The van der Waals surface area contributed by atoms with Gasteiger partial charge in [-0.05, 0) is 55.2 Å². The number of thiophene rings is 1. The molecule has 1 aliphatic rings. The summed E-state index contributed by atoms with van der Waals surface area (Å²) in [5.74, 6) is 0. The van der Waals surface area contributed by atoms with Crippen LogP contribution < -0.4 is 5.73 Å². The van der Waals surface area contributed by atoms with Crippen molar-refractivity contribution in [3.63, 3.8) is 0 Å². The molecule has 1 aromatic rings. The first-order valence-corrected chi connectivity index (χ1v) is 5.58. The van der Waals surface area contributed by atoms with E-state index in [0.29, 0.717) is 0 Å². The predicted molar refractivity (Wildman–Crippen MR) is 53.7 cm³/mol. The second-order valence-electron chi connectivity index (χ2n) is 3.41. The van der Waals surface area contributed by atoms with Crippen molar-refractivity contribution in [3.8, 4) is 0 Å². The molecular weight excluding hydrogens is 166 g/mol. The van der Waals surface area contributed by atoms with E-state index in [4.69, 9.17) is 5.73 Å². The van der Waals surface area contributed by atoms with Gasteiger partial charge in [-0.25, -0.2) is 0 Å². The average Bonchev–Trinajstić information content (AvgIpc) is 2.50. The Balaban J connectivity index is 2.25. The van der Waals surface area contributed by atoms with Crippen molar-refractivity contribution in [1.82, 2.24) is 0 Å². The number of hydrogen-bond acceptors (Lipinski definition) is 2. The van der Waals surface area contributed by atoms with Crippen LogP contribution in [-0.2, 0) is 19.3 Å². The fraction of sp³-hybridized carbons (Fsp3) is 0.600. The first-order chi connectivity index (χ1) is 5.92. The maximum atomic E-state index is 5.56. The zero-order valence-corrected chi connectivity index (χ0v) is 8.12. The molecule has 2 N–H and O–H groups in total. The van der Waals surface area contributed by atoms with Crippen LogP contribution in [0.1, 0.15) is 28.8 Å². The van der Waals surface area contributed by atoms with Crippen LogP contribution in [0.15, 0.2) is 5.38 Å². The van der Waals surface area contributed by atoms with Gasteiger partial charge in [0.05, 0.1) is 0 Å². The molecule has 2 heteroatoms. The van der Waals surface area contributed by atoms with Gasteiger partial charge in [-0.2, -0.15) is 0 Å². The van der Waals surface area contributed by atoms with Crippen molar-refractivity contribution in [1.29, 1.82) is 0 Å². The lowest BCUT2D eigenvalue weighted by atomic mass is 9.93. The van der Waals surface area contributed by atoms with Gasteiger partial charge in [0.25, 0.3) is 0 Å². The summed E-state index contributed by atoms with van der Waals surface area (Å²) in [5.41, 5.74) is 8.80. The summed E-state index contributed by atoms with van der Waals surface area (Å²) >= 11 is 1.91. The first-order valence-electron chi connectivity index (χ1n) is 4.70. The summed E-state index contributed by atoms with van der Waals surface area (Å²) in [6.07, 6.45) is 6.44. The number of hydrogen-bond donors (Lipinski definition) is 1. The highest BCUT2D eigenvalue weighted by atomic mass is 32.1. The fourth-order valence-corrected chi connectivity index (χ4v) is 3.09. The molecule has 0 radical (unpaired) electrons. The van der Waals surface area contributed by atoms with Crippen molar-refractivity contribution < 1.29 is 0 Å². The lowest BCUT2D eigenvalue weighted by Gasteiger charge is -2.12. The van der Waals surface area contributed by atoms with Gasteiger partial charge in [0, 0.05) is 4.88 Å². The van der Waals surface area contributed by atoms with Gasteiger partial charge in [-0.3, -0.25) is 0 Å². The van der Waals surface area contributed by atoms with E-state index in [1.54, 1.807) is 16.0 Å². The van der Waals surface area contributed by atoms with Crippen molar-refractivity contribution in [2.75, 3.05) is 6.54 Å². The summed E-state index contributed by atoms with van der Waals surface area (Å²) in [5, 5.41) is 2.33. The molecule has 0 amide bonds. The highest BCUT2D eigenvalue weighted by molar-refractivity contribution is 7.10. The number of rotatable bonds is 2. The average molecular weight is 181 g/mol. The quantitative estimate of drug-likeness (QED) is 0.743. The van der Waals surface area contributed by atoms with Gasteiger partial charge in [0.15, 0.2) is 0 Å². The van der Waals surface area contributed by atoms with Crippen LogP contribution >= 0.6 is 11.3 Å². The Morgan fingerprint density at radius 1 is 1.33 bits per heavy atom. The molecule has 66 valence electrons. The van der Waals surface area contributed by atoms with E-state index in [1.807, 2.05) is 11.3 Å². The minimum Gasteiger partial charge on any atom is -0.330 e. The van der Waals surface area contributed by atoms with Crippen LogP contribution in [-0.4, -0.2) is 6.54 Å². The van der Waals surface area contributed by atoms with Crippen LogP contribution in [0.5, 0.6) is 0 Å². The smallest absolute Gasteiger partial charge is 0.00926 e. The van der Waals surface area contributed by atoms with E-state index in [1.165, 1.54) is 25.7 Å². The van der Waals surface area contributed by atoms with E-state index in [0.717, 1.165) is 13.0 Å². The van der Waals surface area contributed by atoms with E-state index in [-0.39, 0.29) is 0 Å². The molecule has 1 aromatic heterocycles. The molecule has 12 heavy (non-hydrogen) atoms. The molecule has 0 aliphatic heterocycles. The molecule has 0 unspecified atom stereocenters. The summed E-state index contributed by atoms with van der Waals surface area (Å²) in [7, 11) is 0. The van der Waals surface area contributed by atoms with Crippen LogP contribution in [0.2, 0.25) is 0 Å². The molecule has 0 aromatic carbocycles. The van der Waals surface area contributed by atoms with Crippen LogP contribution in [0, 0.1) is 0 Å². The Morgan fingerprint density at radius 2 is 2.17 bits per heavy atom. The molecule has 0 fully saturated rings. The lowest BCUT2D eigenvalue weighted by Crippen LogP contribution is -2.06. The largest absolute Gasteiger partial charge is 0.330 e. The van der Waals surface area contributed by atoms with Gasteiger partial charge in [-0.15, -0.1) is 11.3 Å². The summed E-state index contributed by atoms with van der Waals surface area (Å²) in [4.78, 5) is 1.55. The second kappa shape index (κ2) is 3.58. The summed E-state index contributed by atoms with van der Waals surface area (Å²) < 4.78 is 0. The maximum Gasteiger partial charge on any atom is 0.00926 e. The van der Waals surface area contributed by atoms with E-state index in [9.17, 15) is 0 Å². The monoisotopic (exact) mass is 181 g/mol. The Morgan fingerprint density at radius 3 is 3.00 bits per heavy atom. The third-order valence-electron chi connectivity index (χ3n) is 2.56. The van der Waals surface area contributed by atoms with Crippen LogP contribution in [0.25, 0.3) is 0 Å². The predicted octanol–water partition coefficient (Wildman–Crippen LogP) is 2.13. The van der Waals surface area contributed by atoms with Crippen molar-refractivity contribution in [2.45, 2.75) is 32.1 Å². The number of aryl methyl sites for hydroxylation is 1. The third-order valence-corrected chi connectivity index (χ3v) is 3.70. The molecule has 0 bridgehead atoms. The van der Waals surface area contributed by atoms with Crippen LogP contribution in [0.4, 0.5) is 0 Å². The van der Waals surface area contributed by atoms with Crippen molar-refractivity contribution in [3.05, 3.63) is 21.4 Å². The molecular formula is C10H15NS. The zero-order chi connectivity index (χ0) is 8.39. The first kappa shape index (κ1) is 8.27. The SMILES string of the molecule is NCCc1scc2c1CCCC2. The normalized spacial score (nSPS) is 16.1. The maximum absolute atomic E-state index is 5.56. The van der Waals surface area contributed by atoms with Gasteiger partial charge >= 0.3 is 0 Å². The highest BCUT2D eigenvalue weighted by Crippen LogP contribution is 2.29. The Kier molecular flexibility index (Phi) is 2.47. The van der Waals surface area contributed by atoms with Gasteiger partial charge in [0.1, 0.15) is 0 Å². The van der Waals surface area contributed by atoms with Gasteiger partial charge in [0.2, 0.25) is 0 Å². The second-order valence-corrected chi connectivity index (χ2v) is 4.37. The van der Waals surface area contributed by atoms with Crippen molar-refractivity contribution in [2.24, 2.45) is 5.73 Å². The third kappa shape index (κ3) is 1.41. The van der Waals surface area contributed by atoms with Gasteiger partial charge < -0.3 is 5.73 Å². The standard InChI is InChI=1S/C10H15NS/c11-6-5-10-9-4-2-1-3-8(9)7-12-10/h7H,1-6,11H2. The minimum absolute atomic E-state index is 0.799. The Hall–Kier alpha value is -0.340. The summed E-state index contributed by atoms with van der Waals surface area (Å²) in [6.45, 7) is 0.799. The molecule has 0 saturated carbocycles. The lowest BCUT2D eigenvalue weighted by molar-refractivity contribution is 0.684. The highest BCUT2D eigenvalue weighted by Gasteiger charge is 2.14. The fourth-order valence-electron chi connectivity index (χ4n) is 1.93. The molecule has 0 saturated heterocycles. The van der Waals surface area contributed by atoms with Crippen LogP contribution in [0.3, 0.4) is 0 Å². The Labute approximate surface area is 77.6 Å².